The third-order valence-electron chi connectivity index (χ3n) is 4.71. The number of likely N-dealkylation sites (tertiary alicyclic amines) is 1. The van der Waals surface area contributed by atoms with Gasteiger partial charge in [-0.25, -0.2) is 9.79 Å². The van der Waals surface area contributed by atoms with Crippen LogP contribution < -0.4 is 16.0 Å². The van der Waals surface area contributed by atoms with Crippen LogP contribution in [-0.4, -0.2) is 56.3 Å². The number of rotatable bonds is 10. The fraction of sp³-hybridized carbons (Fsp3) is 0.636. The molecular formula is C22H38IN5O2. The van der Waals surface area contributed by atoms with Gasteiger partial charge in [0.1, 0.15) is 0 Å². The second-order valence-corrected chi connectivity index (χ2v) is 7.74. The Hall–Kier alpha value is -1.55. The summed E-state index contributed by atoms with van der Waals surface area (Å²) in [7, 11) is 0. The van der Waals surface area contributed by atoms with Gasteiger partial charge in [0.2, 0.25) is 0 Å². The van der Waals surface area contributed by atoms with Crippen LogP contribution in [0.1, 0.15) is 45.6 Å². The maximum atomic E-state index is 12.3. The molecule has 7 nitrogen and oxygen atoms in total. The SMILES string of the molecule is CCNC(=NCc1cccc(NC(=O)N2CCCC2)c1)NCCOCCC(C)C.I. The van der Waals surface area contributed by atoms with Crippen LogP contribution in [-0.2, 0) is 11.3 Å². The highest BCUT2D eigenvalue weighted by molar-refractivity contribution is 14.0. The molecule has 1 aliphatic rings. The molecule has 0 atom stereocenters. The minimum absolute atomic E-state index is 0. The smallest absolute Gasteiger partial charge is 0.321 e. The predicted octanol–water partition coefficient (Wildman–Crippen LogP) is 4.05. The monoisotopic (exact) mass is 531 g/mol. The van der Waals surface area contributed by atoms with Crippen molar-refractivity contribution in [2.75, 3.05) is 44.7 Å². The fourth-order valence-corrected chi connectivity index (χ4v) is 3.04. The Balaban J connectivity index is 0.00000450. The summed E-state index contributed by atoms with van der Waals surface area (Å²) in [6.45, 7) is 11.6. The molecule has 3 N–H and O–H groups in total. The van der Waals surface area contributed by atoms with Crippen LogP contribution in [0, 0.1) is 5.92 Å². The highest BCUT2D eigenvalue weighted by Gasteiger charge is 2.17. The van der Waals surface area contributed by atoms with Gasteiger partial charge in [0.05, 0.1) is 13.2 Å². The summed E-state index contributed by atoms with van der Waals surface area (Å²) in [4.78, 5) is 18.8. The van der Waals surface area contributed by atoms with E-state index >= 15 is 0 Å². The van der Waals surface area contributed by atoms with E-state index in [2.05, 4.69) is 34.8 Å². The zero-order valence-corrected chi connectivity index (χ0v) is 20.9. The molecule has 1 saturated heterocycles. The molecule has 30 heavy (non-hydrogen) atoms. The molecule has 0 spiro atoms. The molecule has 0 aromatic heterocycles. The van der Waals surface area contributed by atoms with Crippen molar-refractivity contribution in [3.05, 3.63) is 29.8 Å². The summed E-state index contributed by atoms with van der Waals surface area (Å²) < 4.78 is 5.64. The first kappa shape index (κ1) is 26.5. The Morgan fingerprint density at radius 3 is 2.67 bits per heavy atom. The first-order valence-corrected chi connectivity index (χ1v) is 10.8. The average molecular weight is 531 g/mol. The van der Waals surface area contributed by atoms with Crippen molar-refractivity contribution in [1.29, 1.82) is 0 Å². The van der Waals surface area contributed by atoms with Gasteiger partial charge in [-0.3, -0.25) is 0 Å². The Morgan fingerprint density at radius 2 is 1.97 bits per heavy atom. The number of hydrogen-bond acceptors (Lipinski definition) is 3. The highest BCUT2D eigenvalue weighted by atomic mass is 127. The third kappa shape index (κ3) is 10.5. The van der Waals surface area contributed by atoms with Gasteiger partial charge in [-0.2, -0.15) is 0 Å². The van der Waals surface area contributed by atoms with E-state index in [1.165, 1.54) is 0 Å². The zero-order chi connectivity index (χ0) is 20.9. The first-order chi connectivity index (χ1) is 14.1. The quantitative estimate of drug-likeness (QED) is 0.184. The summed E-state index contributed by atoms with van der Waals surface area (Å²) in [6, 6.07) is 7.85. The van der Waals surface area contributed by atoms with Crippen molar-refractivity contribution in [1.82, 2.24) is 15.5 Å². The van der Waals surface area contributed by atoms with Gasteiger partial charge < -0.3 is 25.6 Å². The van der Waals surface area contributed by atoms with Crippen molar-refractivity contribution < 1.29 is 9.53 Å². The lowest BCUT2D eigenvalue weighted by atomic mass is 10.1. The van der Waals surface area contributed by atoms with Crippen molar-refractivity contribution in [3.8, 4) is 0 Å². The lowest BCUT2D eigenvalue weighted by molar-refractivity contribution is 0.128. The maximum absolute atomic E-state index is 12.3. The van der Waals surface area contributed by atoms with Gasteiger partial charge in [0, 0.05) is 38.5 Å². The van der Waals surface area contributed by atoms with Crippen LogP contribution in [0.4, 0.5) is 10.5 Å². The second kappa shape index (κ2) is 15.3. The second-order valence-electron chi connectivity index (χ2n) is 7.74. The number of carbonyl (C=O) groups excluding carboxylic acids is 1. The van der Waals surface area contributed by atoms with Gasteiger partial charge in [-0.1, -0.05) is 26.0 Å². The van der Waals surface area contributed by atoms with Crippen LogP contribution in [0.3, 0.4) is 0 Å². The number of urea groups is 1. The van der Waals surface area contributed by atoms with Crippen molar-refractivity contribution in [2.24, 2.45) is 10.9 Å². The van der Waals surface area contributed by atoms with Crippen LogP contribution in [0.5, 0.6) is 0 Å². The number of aliphatic imine (C=N–C) groups is 1. The van der Waals surface area contributed by atoms with Gasteiger partial charge in [0.15, 0.2) is 5.96 Å². The number of benzene rings is 1. The molecule has 170 valence electrons. The number of halogens is 1. The summed E-state index contributed by atoms with van der Waals surface area (Å²) in [5, 5.41) is 9.54. The van der Waals surface area contributed by atoms with Crippen molar-refractivity contribution in [3.63, 3.8) is 0 Å². The molecule has 0 aliphatic carbocycles. The zero-order valence-electron chi connectivity index (χ0n) is 18.6. The topological polar surface area (TPSA) is 78.0 Å². The predicted molar refractivity (Wildman–Crippen MR) is 135 cm³/mol. The highest BCUT2D eigenvalue weighted by Crippen LogP contribution is 2.14. The van der Waals surface area contributed by atoms with Crippen LogP contribution in [0.2, 0.25) is 0 Å². The van der Waals surface area contributed by atoms with Gasteiger partial charge in [0.25, 0.3) is 0 Å². The molecule has 0 unspecified atom stereocenters. The normalized spacial score (nSPS) is 13.9. The summed E-state index contributed by atoms with van der Waals surface area (Å²) in [5.41, 5.74) is 1.86. The molecule has 0 radical (unpaired) electrons. The minimum atomic E-state index is -0.0179. The molecule has 2 amide bonds. The van der Waals surface area contributed by atoms with Crippen molar-refractivity contribution >= 4 is 41.7 Å². The fourth-order valence-electron chi connectivity index (χ4n) is 3.04. The molecule has 1 fully saturated rings. The standard InChI is InChI=1S/C22H37N5O2.HI/c1-4-23-21(24-11-15-29-14-10-18(2)3)25-17-19-8-7-9-20(16-19)26-22(28)27-12-5-6-13-27;/h7-9,16,18H,4-6,10-15,17H2,1-3H3,(H,26,28)(H2,23,24,25);1H. The molecule has 1 aromatic carbocycles. The average Bonchev–Trinajstić information content (AvgIpc) is 3.24. The molecule has 2 rings (SSSR count). The Morgan fingerprint density at radius 1 is 1.20 bits per heavy atom. The molecule has 1 aromatic rings. The van der Waals surface area contributed by atoms with Crippen LogP contribution in [0.25, 0.3) is 0 Å². The Kier molecular flexibility index (Phi) is 13.5. The van der Waals surface area contributed by atoms with Gasteiger partial charge >= 0.3 is 6.03 Å². The van der Waals surface area contributed by atoms with E-state index in [-0.39, 0.29) is 30.0 Å². The van der Waals surface area contributed by atoms with E-state index in [4.69, 9.17) is 4.74 Å². The van der Waals surface area contributed by atoms with Crippen LogP contribution in [0.15, 0.2) is 29.3 Å². The maximum Gasteiger partial charge on any atom is 0.321 e. The number of hydrogen-bond donors (Lipinski definition) is 3. The molecule has 0 bridgehead atoms. The number of carbonyl (C=O) groups is 1. The third-order valence-corrected chi connectivity index (χ3v) is 4.71. The van der Waals surface area contributed by atoms with Crippen LogP contribution >= 0.6 is 24.0 Å². The van der Waals surface area contributed by atoms with E-state index in [0.29, 0.717) is 19.1 Å². The van der Waals surface area contributed by atoms with E-state index in [0.717, 1.165) is 69.3 Å². The molecule has 8 heteroatoms. The van der Waals surface area contributed by atoms with Gasteiger partial charge in [-0.05, 0) is 49.8 Å². The molecular weight excluding hydrogens is 493 g/mol. The lowest BCUT2D eigenvalue weighted by Gasteiger charge is -2.16. The van der Waals surface area contributed by atoms with E-state index in [1.807, 2.05) is 36.1 Å². The van der Waals surface area contributed by atoms with E-state index < -0.39 is 0 Å². The van der Waals surface area contributed by atoms with Crippen molar-refractivity contribution in [2.45, 2.75) is 46.6 Å². The molecule has 1 heterocycles. The summed E-state index contributed by atoms with van der Waals surface area (Å²) in [5.74, 6) is 1.43. The number of amides is 2. The minimum Gasteiger partial charge on any atom is -0.380 e. The molecule has 0 saturated carbocycles. The number of anilines is 1. The summed E-state index contributed by atoms with van der Waals surface area (Å²) in [6.07, 6.45) is 3.26. The van der Waals surface area contributed by atoms with Gasteiger partial charge in [-0.15, -0.1) is 24.0 Å². The van der Waals surface area contributed by atoms with E-state index in [1.54, 1.807) is 0 Å². The first-order valence-electron chi connectivity index (χ1n) is 10.8. The Bertz CT molecular complexity index is 648. The molecule has 1 aliphatic heterocycles. The lowest BCUT2D eigenvalue weighted by Crippen LogP contribution is -2.39. The number of nitrogens with zero attached hydrogens (tertiary/aromatic N) is 2. The summed E-state index contributed by atoms with van der Waals surface area (Å²) >= 11 is 0. The number of guanidine groups is 1. The largest absolute Gasteiger partial charge is 0.380 e. The number of ether oxygens (including phenoxy) is 1. The number of nitrogens with one attached hydrogen (secondary N) is 3. The Labute approximate surface area is 198 Å². The van der Waals surface area contributed by atoms with E-state index in [9.17, 15) is 4.79 Å².